The molecule has 0 aliphatic heterocycles. The Morgan fingerprint density at radius 2 is 1.86 bits per heavy atom. The van der Waals surface area contributed by atoms with Crippen molar-refractivity contribution < 1.29 is 8.42 Å². The predicted octanol–water partition coefficient (Wildman–Crippen LogP) is 5.11. The zero-order valence-electron chi connectivity index (χ0n) is 13.7. The highest BCUT2D eigenvalue weighted by molar-refractivity contribution is 7.92. The average Bonchev–Trinajstić information content (AvgIpc) is 2.46. The van der Waals surface area contributed by atoms with Crippen molar-refractivity contribution in [2.24, 2.45) is 0 Å². The van der Waals surface area contributed by atoms with Crippen LogP contribution >= 0.6 is 0 Å². The van der Waals surface area contributed by atoms with Crippen LogP contribution in [-0.2, 0) is 9.84 Å². The van der Waals surface area contributed by atoms with Crippen LogP contribution in [0.4, 0.5) is 0 Å². The monoisotopic (exact) mass is 308 g/mol. The van der Waals surface area contributed by atoms with E-state index in [1.54, 1.807) is 19.9 Å². The third-order valence-corrected chi connectivity index (χ3v) is 5.89. The zero-order valence-corrected chi connectivity index (χ0v) is 14.5. The molecule has 1 rings (SSSR count). The maximum atomic E-state index is 12.3. The first kappa shape index (κ1) is 18.0. The van der Waals surface area contributed by atoms with Crippen LogP contribution in [0.5, 0.6) is 0 Å². The molecule has 1 unspecified atom stereocenters. The molecule has 0 amide bonds. The van der Waals surface area contributed by atoms with Crippen LogP contribution in [0.3, 0.4) is 0 Å². The molecule has 0 radical (unpaired) electrons. The Morgan fingerprint density at radius 3 is 2.43 bits per heavy atom. The SMILES string of the molecule is CC/C=C\CC(CCC)c1cccc(S(=O)(=O)C(C)C)c1. The van der Waals surface area contributed by atoms with Crippen LogP contribution in [0.1, 0.15) is 64.9 Å². The van der Waals surface area contributed by atoms with Gasteiger partial charge in [-0.1, -0.05) is 44.6 Å². The highest BCUT2D eigenvalue weighted by Crippen LogP contribution is 2.28. The minimum atomic E-state index is -3.19. The molecule has 118 valence electrons. The summed E-state index contributed by atoms with van der Waals surface area (Å²) < 4.78 is 24.6. The van der Waals surface area contributed by atoms with Crippen LogP contribution in [0.2, 0.25) is 0 Å². The molecule has 2 nitrogen and oxygen atoms in total. The minimum Gasteiger partial charge on any atom is -0.223 e. The highest BCUT2D eigenvalue weighted by Gasteiger charge is 2.20. The van der Waals surface area contributed by atoms with Gasteiger partial charge in [-0.25, -0.2) is 8.42 Å². The number of hydrogen-bond acceptors (Lipinski definition) is 2. The summed E-state index contributed by atoms with van der Waals surface area (Å²) in [5, 5.41) is -0.377. The summed E-state index contributed by atoms with van der Waals surface area (Å²) in [5.41, 5.74) is 1.14. The lowest BCUT2D eigenvalue weighted by molar-refractivity contribution is 0.586. The number of rotatable bonds is 8. The van der Waals surface area contributed by atoms with Gasteiger partial charge in [0.2, 0.25) is 0 Å². The molecule has 21 heavy (non-hydrogen) atoms. The van der Waals surface area contributed by atoms with Crippen LogP contribution in [0.25, 0.3) is 0 Å². The number of benzene rings is 1. The van der Waals surface area contributed by atoms with E-state index in [1.165, 1.54) is 0 Å². The largest absolute Gasteiger partial charge is 0.223 e. The van der Waals surface area contributed by atoms with E-state index in [-0.39, 0.29) is 5.25 Å². The van der Waals surface area contributed by atoms with Crippen LogP contribution < -0.4 is 0 Å². The van der Waals surface area contributed by atoms with Crippen molar-refractivity contribution in [1.82, 2.24) is 0 Å². The first-order chi connectivity index (χ1) is 9.93. The summed E-state index contributed by atoms with van der Waals surface area (Å²) in [6.45, 7) is 7.76. The van der Waals surface area contributed by atoms with Gasteiger partial charge in [0.1, 0.15) is 0 Å². The van der Waals surface area contributed by atoms with Gasteiger partial charge in [-0.15, -0.1) is 0 Å². The van der Waals surface area contributed by atoms with Crippen LogP contribution in [0, 0.1) is 0 Å². The lowest BCUT2D eigenvalue weighted by Gasteiger charge is -2.16. The lowest BCUT2D eigenvalue weighted by Crippen LogP contribution is -2.14. The second-order valence-electron chi connectivity index (χ2n) is 5.77. The van der Waals surface area contributed by atoms with E-state index >= 15 is 0 Å². The molecule has 0 heterocycles. The minimum absolute atomic E-state index is 0.377. The predicted molar refractivity (Wildman–Crippen MR) is 90.5 cm³/mol. The molecule has 3 heteroatoms. The third kappa shape index (κ3) is 4.99. The zero-order chi connectivity index (χ0) is 15.9. The van der Waals surface area contributed by atoms with E-state index in [4.69, 9.17) is 0 Å². The maximum absolute atomic E-state index is 12.3. The topological polar surface area (TPSA) is 34.1 Å². The fourth-order valence-electron chi connectivity index (χ4n) is 2.41. The second-order valence-corrected chi connectivity index (χ2v) is 8.27. The Balaban J connectivity index is 3.08. The van der Waals surface area contributed by atoms with E-state index in [9.17, 15) is 8.42 Å². The Hall–Kier alpha value is -1.09. The van der Waals surface area contributed by atoms with Crippen molar-refractivity contribution in [2.75, 3.05) is 0 Å². The van der Waals surface area contributed by atoms with Gasteiger partial charge in [0.15, 0.2) is 9.84 Å². The number of allylic oxidation sites excluding steroid dienone is 2. The normalized spacial score (nSPS) is 14.0. The van der Waals surface area contributed by atoms with Gasteiger partial charge in [0.05, 0.1) is 10.1 Å². The molecule has 1 atom stereocenters. The van der Waals surface area contributed by atoms with E-state index in [1.807, 2.05) is 12.1 Å². The molecule has 0 bridgehead atoms. The van der Waals surface area contributed by atoms with Gasteiger partial charge < -0.3 is 0 Å². The van der Waals surface area contributed by atoms with E-state index in [0.717, 1.165) is 31.2 Å². The molecule has 0 fully saturated rings. The fourth-order valence-corrected chi connectivity index (χ4v) is 3.53. The molecule has 0 N–H and O–H groups in total. The molecule has 0 aliphatic rings. The Labute approximate surface area is 130 Å². The van der Waals surface area contributed by atoms with E-state index in [2.05, 4.69) is 32.1 Å². The molecule has 1 aromatic carbocycles. The quantitative estimate of drug-likeness (QED) is 0.625. The van der Waals surface area contributed by atoms with Crippen LogP contribution in [-0.4, -0.2) is 13.7 Å². The molecule has 0 saturated carbocycles. The Bertz CT molecular complexity index is 556. The van der Waals surface area contributed by atoms with Gasteiger partial charge >= 0.3 is 0 Å². The van der Waals surface area contributed by atoms with Gasteiger partial charge in [-0.05, 0) is 56.7 Å². The lowest BCUT2D eigenvalue weighted by atomic mass is 9.91. The Kier molecular flexibility index (Phi) is 7.16. The van der Waals surface area contributed by atoms with Gasteiger partial charge in [0, 0.05) is 0 Å². The summed E-state index contributed by atoms with van der Waals surface area (Å²) in [7, 11) is -3.19. The molecule has 0 saturated heterocycles. The Morgan fingerprint density at radius 1 is 1.14 bits per heavy atom. The molecule has 0 spiro atoms. The summed E-state index contributed by atoms with van der Waals surface area (Å²) in [5.74, 6) is 0.403. The van der Waals surface area contributed by atoms with Gasteiger partial charge in [-0.3, -0.25) is 0 Å². The standard InChI is InChI=1S/C18H28O2S/c1-5-7-8-11-16(10-6-2)17-12-9-13-18(14-17)21(19,20)15(3)4/h7-9,12-16H,5-6,10-11H2,1-4H3/b8-7-. The van der Waals surface area contributed by atoms with Crippen molar-refractivity contribution in [2.45, 2.75) is 69.4 Å². The van der Waals surface area contributed by atoms with Crippen molar-refractivity contribution in [3.05, 3.63) is 42.0 Å². The molecular formula is C18H28O2S. The summed E-state index contributed by atoms with van der Waals surface area (Å²) >= 11 is 0. The number of hydrogen-bond donors (Lipinski definition) is 0. The van der Waals surface area contributed by atoms with E-state index < -0.39 is 9.84 Å². The van der Waals surface area contributed by atoms with Crippen molar-refractivity contribution >= 4 is 9.84 Å². The molecule has 0 aliphatic carbocycles. The van der Waals surface area contributed by atoms with Crippen molar-refractivity contribution in [3.8, 4) is 0 Å². The molecule has 1 aromatic rings. The van der Waals surface area contributed by atoms with Gasteiger partial charge in [-0.2, -0.15) is 0 Å². The summed E-state index contributed by atoms with van der Waals surface area (Å²) in [6, 6.07) is 7.51. The van der Waals surface area contributed by atoms with E-state index in [0.29, 0.717) is 10.8 Å². The fraction of sp³-hybridized carbons (Fsp3) is 0.556. The van der Waals surface area contributed by atoms with Crippen LogP contribution in [0.15, 0.2) is 41.3 Å². The highest BCUT2D eigenvalue weighted by atomic mass is 32.2. The summed E-state index contributed by atoms with van der Waals surface area (Å²) in [4.78, 5) is 0.454. The second kappa shape index (κ2) is 8.38. The molecule has 0 aromatic heterocycles. The smallest absolute Gasteiger partial charge is 0.180 e. The molecular weight excluding hydrogens is 280 g/mol. The van der Waals surface area contributed by atoms with Crippen molar-refractivity contribution in [3.63, 3.8) is 0 Å². The first-order valence-electron chi connectivity index (χ1n) is 7.92. The number of sulfone groups is 1. The average molecular weight is 308 g/mol. The third-order valence-electron chi connectivity index (χ3n) is 3.74. The summed E-state index contributed by atoms with van der Waals surface area (Å²) in [6.07, 6.45) is 8.60. The van der Waals surface area contributed by atoms with Crippen molar-refractivity contribution in [1.29, 1.82) is 0 Å². The first-order valence-corrected chi connectivity index (χ1v) is 9.46. The maximum Gasteiger partial charge on any atom is 0.180 e. The van der Waals surface area contributed by atoms with Gasteiger partial charge in [0.25, 0.3) is 0 Å².